The molecule has 7 atom stereocenters. The second-order valence-corrected chi connectivity index (χ2v) is 11.6. The minimum absolute atomic E-state index is 0.0595. The number of nitrogens with one attached hydrogen (secondary N) is 3. The monoisotopic (exact) mass is 579 g/mol. The number of carbonyl (C=O) groups is 6. The number of ether oxygens (including phenoxy) is 2. The fourth-order valence-electron chi connectivity index (χ4n) is 5.37. The van der Waals surface area contributed by atoms with Crippen molar-refractivity contribution in [2.75, 3.05) is 26.7 Å². The van der Waals surface area contributed by atoms with E-state index < -0.39 is 65.8 Å². The Morgan fingerprint density at radius 3 is 2.27 bits per heavy atom. The molecule has 5 amide bonds. The molecule has 3 N–H and O–H groups in total. The van der Waals surface area contributed by atoms with Crippen molar-refractivity contribution in [3.05, 3.63) is 0 Å². The average molecular weight is 580 g/mol. The molecule has 0 aliphatic carbocycles. The molecule has 0 radical (unpaired) electrons. The lowest BCUT2D eigenvalue weighted by molar-refractivity contribution is -0.162. The van der Waals surface area contributed by atoms with Crippen LogP contribution < -0.4 is 16.0 Å². The maximum atomic E-state index is 13.8. The van der Waals surface area contributed by atoms with E-state index in [1.54, 1.807) is 13.8 Å². The molecule has 0 spiro atoms. The van der Waals surface area contributed by atoms with E-state index in [9.17, 15) is 28.8 Å². The predicted molar refractivity (Wildman–Crippen MR) is 147 cm³/mol. The van der Waals surface area contributed by atoms with Crippen molar-refractivity contribution in [1.29, 1.82) is 0 Å². The number of carbonyl (C=O) groups excluding carboxylic acids is 6. The lowest BCUT2D eigenvalue weighted by atomic mass is 9.94. The molecule has 0 unspecified atom stereocenters. The summed E-state index contributed by atoms with van der Waals surface area (Å²) < 4.78 is 10.8. The maximum absolute atomic E-state index is 13.8. The molecular formula is C28H45N5O8. The van der Waals surface area contributed by atoms with E-state index in [-0.39, 0.29) is 37.3 Å². The highest BCUT2D eigenvalue weighted by Crippen LogP contribution is 2.25. The van der Waals surface area contributed by atoms with Gasteiger partial charge in [-0.05, 0) is 31.6 Å². The Balaban J connectivity index is 1.94. The van der Waals surface area contributed by atoms with Gasteiger partial charge in [0.15, 0.2) is 6.10 Å². The van der Waals surface area contributed by atoms with Gasteiger partial charge < -0.3 is 35.2 Å². The Morgan fingerprint density at radius 1 is 0.976 bits per heavy atom. The van der Waals surface area contributed by atoms with E-state index in [4.69, 9.17) is 9.47 Å². The SMILES string of the molecule is CC[C@H](C)[C@@H]1NC(=O)[C@@H]2CCCN2C(=O)[C@@H](C[C@H]2CO2)OC(=O)CCNC(=O)[C@H](C)NC(=O)[C@H](C(C)C)N(C)C1=O. The fraction of sp³-hybridized carbons (Fsp3) is 0.786. The highest BCUT2D eigenvalue weighted by molar-refractivity contribution is 5.96. The Bertz CT molecular complexity index is 1020. The van der Waals surface area contributed by atoms with Gasteiger partial charge in [-0.25, -0.2) is 0 Å². The fourth-order valence-corrected chi connectivity index (χ4v) is 5.37. The summed E-state index contributed by atoms with van der Waals surface area (Å²) in [6.07, 6.45) is 0.183. The van der Waals surface area contributed by atoms with Crippen molar-refractivity contribution in [3.63, 3.8) is 0 Å². The van der Waals surface area contributed by atoms with Crippen LogP contribution in [0.2, 0.25) is 0 Å². The van der Waals surface area contributed by atoms with Gasteiger partial charge in [0.1, 0.15) is 24.2 Å². The zero-order valence-corrected chi connectivity index (χ0v) is 24.9. The van der Waals surface area contributed by atoms with E-state index in [0.717, 1.165) is 0 Å². The molecule has 230 valence electrons. The molecule has 0 aromatic rings. The minimum atomic E-state index is -1.13. The first-order chi connectivity index (χ1) is 19.3. The minimum Gasteiger partial charge on any atom is -0.452 e. The molecule has 41 heavy (non-hydrogen) atoms. The molecule has 13 heteroatoms. The second kappa shape index (κ2) is 14.1. The largest absolute Gasteiger partial charge is 0.452 e. The number of amides is 5. The summed E-state index contributed by atoms with van der Waals surface area (Å²) in [4.78, 5) is 82.3. The first-order valence-electron chi connectivity index (χ1n) is 14.6. The first-order valence-corrected chi connectivity index (χ1v) is 14.6. The van der Waals surface area contributed by atoms with E-state index in [2.05, 4.69) is 16.0 Å². The van der Waals surface area contributed by atoms with Crippen molar-refractivity contribution in [3.8, 4) is 0 Å². The van der Waals surface area contributed by atoms with E-state index >= 15 is 0 Å². The summed E-state index contributed by atoms with van der Waals surface area (Å²) in [5.41, 5.74) is 0. The summed E-state index contributed by atoms with van der Waals surface area (Å²) in [7, 11) is 1.51. The van der Waals surface area contributed by atoms with Crippen LogP contribution in [0.25, 0.3) is 0 Å². The Labute approximate surface area is 241 Å². The summed E-state index contributed by atoms with van der Waals surface area (Å²) in [5.74, 6) is -3.66. The van der Waals surface area contributed by atoms with Gasteiger partial charge in [-0.3, -0.25) is 28.8 Å². The van der Waals surface area contributed by atoms with Gasteiger partial charge in [-0.2, -0.15) is 0 Å². The van der Waals surface area contributed by atoms with Crippen molar-refractivity contribution >= 4 is 35.5 Å². The van der Waals surface area contributed by atoms with Crippen molar-refractivity contribution in [1.82, 2.24) is 25.8 Å². The molecule has 3 saturated heterocycles. The van der Waals surface area contributed by atoms with Gasteiger partial charge in [-0.15, -0.1) is 0 Å². The van der Waals surface area contributed by atoms with E-state index in [1.165, 1.54) is 23.8 Å². The van der Waals surface area contributed by atoms with Gasteiger partial charge in [0.25, 0.3) is 5.91 Å². The van der Waals surface area contributed by atoms with Gasteiger partial charge in [0, 0.05) is 26.6 Å². The molecular weight excluding hydrogens is 534 g/mol. The predicted octanol–water partition coefficient (Wildman–Crippen LogP) is -0.283. The number of hydrogen-bond acceptors (Lipinski definition) is 8. The van der Waals surface area contributed by atoms with Gasteiger partial charge in [-0.1, -0.05) is 34.1 Å². The van der Waals surface area contributed by atoms with Crippen LogP contribution in [0.5, 0.6) is 0 Å². The van der Waals surface area contributed by atoms with Crippen molar-refractivity contribution in [2.24, 2.45) is 11.8 Å². The number of esters is 1. The zero-order valence-electron chi connectivity index (χ0n) is 24.9. The molecule has 3 aliphatic rings. The lowest BCUT2D eigenvalue weighted by Gasteiger charge is -2.36. The van der Waals surface area contributed by atoms with E-state index in [1.807, 2.05) is 13.8 Å². The summed E-state index contributed by atoms with van der Waals surface area (Å²) in [6.45, 7) is 9.53. The number of rotatable bonds is 5. The van der Waals surface area contributed by atoms with Crippen LogP contribution in [0.1, 0.15) is 66.7 Å². The van der Waals surface area contributed by atoms with Crippen LogP contribution in [0.15, 0.2) is 0 Å². The van der Waals surface area contributed by atoms with Crippen molar-refractivity contribution in [2.45, 2.75) is 103 Å². The second-order valence-electron chi connectivity index (χ2n) is 11.6. The smallest absolute Gasteiger partial charge is 0.308 e. The lowest BCUT2D eigenvalue weighted by Crippen LogP contribution is -2.60. The number of fused-ring (bicyclic) bond motifs is 1. The van der Waals surface area contributed by atoms with Crippen LogP contribution in [-0.2, 0) is 38.2 Å². The van der Waals surface area contributed by atoms with Crippen LogP contribution in [0.3, 0.4) is 0 Å². The third-order valence-corrected chi connectivity index (χ3v) is 8.09. The third kappa shape index (κ3) is 8.17. The standard InChI is InChI=1S/C28H45N5O8/c1-7-16(4)22-28(39)32(6)23(15(2)3)26(37)30-17(5)24(35)29-11-10-21(34)41-20(13-18-14-40-18)27(38)33-12-8-9-19(33)25(36)31-22/h15-20,22-23H,7-14H2,1-6H3,(H,29,35)(H,30,37)(H,31,36)/t16-,17-,18-,19-,20+,22-,23-/m0/s1. The van der Waals surface area contributed by atoms with Gasteiger partial charge in [0.2, 0.25) is 23.6 Å². The summed E-state index contributed by atoms with van der Waals surface area (Å²) in [6, 6.07) is -3.63. The molecule has 3 fully saturated rings. The topological polar surface area (TPSA) is 167 Å². The normalized spacial score (nSPS) is 31.8. The number of nitrogens with zero attached hydrogens (tertiary/aromatic N) is 2. The molecule has 0 aromatic carbocycles. The summed E-state index contributed by atoms with van der Waals surface area (Å²) >= 11 is 0. The summed E-state index contributed by atoms with van der Waals surface area (Å²) in [5, 5.41) is 8.13. The number of likely N-dealkylation sites (N-methyl/N-ethyl adjacent to an activating group) is 1. The van der Waals surface area contributed by atoms with Crippen LogP contribution in [0, 0.1) is 11.8 Å². The average Bonchev–Trinajstić information content (AvgIpc) is 3.60. The molecule has 13 nitrogen and oxygen atoms in total. The van der Waals surface area contributed by atoms with Crippen LogP contribution in [-0.4, -0.2) is 108 Å². The Morgan fingerprint density at radius 2 is 1.66 bits per heavy atom. The number of cyclic esters (lactones) is 1. The highest BCUT2D eigenvalue weighted by Gasteiger charge is 2.43. The third-order valence-electron chi connectivity index (χ3n) is 8.09. The maximum Gasteiger partial charge on any atom is 0.308 e. The first kappa shape index (κ1) is 32.3. The van der Waals surface area contributed by atoms with Crippen LogP contribution in [0.4, 0.5) is 0 Å². The quantitative estimate of drug-likeness (QED) is 0.295. The van der Waals surface area contributed by atoms with Gasteiger partial charge in [0.05, 0.1) is 19.1 Å². The number of hydrogen-bond donors (Lipinski definition) is 3. The molecule has 0 aromatic heterocycles. The molecule has 3 aliphatic heterocycles. The molecule has 3 heterocycles. The van der Waals surface area contributed by atoms with Crippen LogP contribution >= 0.6 is 0 Å². The number of epoxide rings is 1. The van der Waals surface area contributed by atoms with Gasteiger partial charge >= 0.3 is 5.97 Å². The van der Waals surface area contributed by atoms with Crippen molar-refractivity contribution < 1.29 is 38.2 Å². The molecule has 3 rings (SSSR count). The molecule has 0 saturated carbocycles. The Kier molecular flexibility index (Phi) is 11.1. The molecule has 0 bridgehead atoms. The highest BCUT2D eigenvalue weighted by atomic mass is 16.6. The zero-order chi connectivity index (χ0) is 30.4. The van der Waals surface area contributed by atoms with E-state index in [0.29, 0.717) is 32.4 Å². The Hall–Kier alpha value is -3.22.